The number of nitrogens with zero attached hydrogens (tertiary/aromatic N) is 2. The molecule has 5 heteroatoms. The molecule has 1 aliphatic rings. The van der Waals surface area contributed by atoms with Gasteiger partial charge in [-0.15, -0.1) is 0 Å². The standard InChI is InChI=1S/C11H16N4O/c12-11(13)15-6-9-3-4-14-10(5-9)16-7-8-1-2-8/h3-5,8H,1-2,6-7H2,(H4,12,13,15). The smallest absolute Gasteiger partial charge is 0.213 e. The van der Waals surface area contributed by atoms with E-state index in [1.165, 1.54) is 12.8 Å². The molecule has 0 aliphatic heterocycles. The van der Waals surface area contributed by atoms with Crippen LogP contribution in [0.5, 0.6) is 5.88 Å². The fourth-order valence-electron chi connectivity index (χ4n) is 1.30. The molecule has 1 aromatic rings. The number of pyridine rings is 1. The Kier molecular flexibility index (Phi) is 3.24. The molecule has 0 amide bonds. The number of ether oxygens (including phenoxy) is 1. The number of hydrogen-bond acceptors (Lipinski definition) is 3. The van der Waals surface area contributed by atoms with Crippen LogP contribution in [-0.2, 0) is 6.54 Å². The first kappa shape index (κ1) is 10.7. The van der Waals surface area contributed by atoms with Crippen molar-refractivity contribution in [1.29, 1.82) is 0 Å². The minimum Gasteiger partial charge on any atom is -0.477 e. The lowest BCUT2D eigenvalue weighted by Gasteiger charge is -2.05. The highest BCUT2D eigenvalue weighted by molar-refractivity contribution is 5.75. The zero-order chi connectivity index (χ0) is 11.4. The third-order valence-electron chi connectivity index (χ3n) is 2.41. The molecule has 0 unspecified atom stereocenters. The predicted octanol–water partition coefficient (Wildman–Crippen LogP) is 0.644. The van der Waals surface area contributed by atoms with Crippen LogP contribution >= 0.6 is 0 Å². The fraction of sp³-hybridized carbons (Fsp3) is 0.455. The lowest BCUT2D eigenvalue weighted by atomic mass is 10.3. The van der Waals surface area contributed by atoms with Gasteiger partial charge in [0, 0.05) is 12.3 Å². The van der Waals surface area contributed by atoms with E-state index in [-0.39, 0.29) is 5.96 Å². The normalized spacial score (nSPS) is 14.5. The Balaban J connectivity index is 1.92. The average molecular weight is 220 g/mol. The van der Waals surface area contributed by atoms with Crippen molar-refractivity contribution in [3.05, 3.63) is 23.9 Å². The zero-order valence-electron chi connectivity index (χ0n) is 9.10. The molecule has 0 saturated heterocycles. The molecule has 16 heavy (non-hydrogen) atoms. The maximum absolute atomic E-state index is 5.56. The summed E-state index contributed by atoms with van der Waals surface area (Å²) in [4.78, 5) is 8.07. The molecule has 1 aliphatic carbocycles. The van der Waals surface area contributed by atoms with Gasteiger partial charge < -0.3 is 16.2 Å². The van der Waals surface area contributed by atoms with Gasteiger partial charge >= 0.3 is 0 Å². The molecule has 0 bridgehead atoms. The second-order valence-electron chi connectivity index (χ2n) is 4.00. The highest BCUT2D eigenvalue weighted by Crippen LogP contribution is 2.29. The van der Waals surface area contributed by atoms with Gasteiger partial charge in [-0.1, -0.05) is 0 Å². The highest BCUT2D eigenvalue weighted by Gasteiger charge is 2.22. The summed E-state index contributed by atoms with van der Waals surface area (Å²) < 4.78 is 5.56. The lowest BCUT2D eigenvalue weighted by molar-refractivity contribution is 0.288. The summed E-state index contributed by atoms with van der Waals surface area (Å²) in [5, 5.41) is 0. The van der Waals surface area contributed by atoms with Crippen molar-refractivity contribution in [1.82, 2.24) is 4.98 Å². The zero-order valence-corrected chi connectivity index (χ0v) is 9.10. The maximum atomic E-state index is 5.56. The Bertz CT molecular complexity index is 383. The van der Waals surface area contributed by atoms with Crippen LogP contribution in [0, 0.1) is 5.92 Å². The monoisotopic (exact) mass is 220 g/mol. The first-order chi connectivity index (χ1) is 7.74. The van der Waals surface area contributed by atoms with Gasteiger partial charge in [-0.2, -0.15) is 0 Å². The number of guanidine groups is 1. The Labute approximate surface area is 94.5 Å². The molecule has 0 spiro atoms. The van der Waals surface area contributed by atoms with Gasteiger partial charge in [-0.05, 0) is 30.4 Å². The molecule has 0 atom stereocenters. The van der Waals surface area contributed by atoms with E-state index in [9.17, 15) is 0 Å². The van der Waals surface area contributed by atoms with Crippen molar-refractivity contribution in [2.24, 2.45) is 22.4 Å². The predicted molar refractivity (Wildman–Crippen MR) is 62.0 cm³/mol. The first-order valence-electron chi connectivity index (χ1n) is 5.37. The SMILES string of the molecule is NC(N)=NCc1ccnc(OCC2CC2)c1. The van der Waals surface area contributed by atoms with Crippen LogP contribution in [0.25, 0.3) is 0 Å². The third-order valence-corrected chi connectivity index (χ3v) is 2.41. The molecule has 1 heterocycles. The van der Waals surface area contributed by atoms with E-state index in [1.807, 2.05) is 12.1 Å². The summed E-state index contributed by atoms with van der Waals surface area (Å²) >= 11 is 0. The summed E-state index contributed by atoms with van der Waals surface area (Å²) in [6, 6.07) is 3.74. The van der Waals surface area contributed by atoms with Gasteiger partial charge in [0.2, 0.25) is 5.88 Å². The van der Waals surface area contributed by atoms with E-state index in [0.29, 0.717) is 12.4 Å². The number of rotatable bonds is 5. The number of aromatic nitrogens is 1. The molecule has 1 fully saturated rings. The summed E-state index contributed by atoms with van der Waals surface area (Å²) in [6.45, 7) is 1.23. The van der Waals surface area contributed by atoms with E-state index in [1.54, 1.807) is 6.20 Å². The quantitative estimate of drug-likeness (QED) is 0.563. The third kappa shape index (κ3) is 3.42. The first-order valence-corrected chi connectivity index (χ1v) is 5.37. The molecule has 86 valence electrons. The largest absolute Gasteiger partial charge is 0.477 e. The van der Waals surface area contributed by atoms with Crippen LogP contribution in [-0.4, -0.2) is 17.6 Å². The van der Waals surface area contributed by atoms with Crippen LogP contribution in [0.1, 0.15) is 18.4 Å². The van der Waals surface area contributed by atoms with Gasteiger partial charge in [-0.3, -0.25) is 0 Å². The van der Waals surface area contributed by atoms with E-state index < -0.39 is 0 Å². The lowest BCUT2D eigenvalue weighted by Crippen LogP contribution is -2.22. The average Bonchev–Trinajstić information content (AvgIpc) is 3.08. The molecule has 4 N–H and O–H groups in total. The van der Waals surface area contributed by atoms with Gasteiger partial charge in [0.15, 0.2) is 5.96 Å². The molecule has 0 radical (unpaired) electrons. The minimum atomic E-state index is 0.0947. The Hall–Kier alpha value is -1.78. The molecule has 5 nitrogen and oxygen atoms in total. The number of nitrogens with two attached hydrogens (primary N) is 2. The van der Waals surface area contributed by atoms with Gasteiger partial charge in [0.25, 0.3) is 0 Å². The van der Waals surface area contributed by atoms with E-state index in [2.05, 4.69) is 9.98 Å². The fourth-order valence-corrected chi connectivity index (χ4v) is 1.30. The number of hydrogen-bond donors (Lipinski definition) is 2. The van der Waals surface area contributed by atoms with Gasteiger partial charge in [0.1, 0.15) is 0 Å². The van der Waals surface area contributed by atoms with Crippen LogP contribution in [0.3, 0.4) is 0 Å². The summed E-state index contributed by atoms with van der Waals surface area (Å²) in [5.41, 5.74) is 11.5. The van der Waals surface area contributed by atoms with Crippen molar-refractivity contribution in [2.45, 2.75) is 19.4 Å². The molecule has 0 aromatic carbocycles. The topological polar surface area (TPSA) is 86.5 Å². The maximum Gasteiger partial charge on any atom is 0.213 e. The van der Waals surface area contributed by atoms with Crippen molar-refractivity contribution < 1.29 is 4.74 Å². The van der Waals surface area contributed by atoms with Crippen molar-refractivity contribution >= 4 is 5.96 Å². The van der Waals surface area contributed by atoms with Crippen molar-refractivity contribution in [3.63, 3.8) is 0 Å². The van der Waals surface area contributed by atoms with E-state index >= 15 is 0 Å². The molecular weight excluding hydrogens is 204 g/mol. The van der Waals surface area contributed by atoms with Crippen LogP contribution in [0.2, 0.25) is 0 Å². The van der Waals surface area contributed by atoms with Crippen molar-refractivity contribution in [3.8, 4) is 5.88 Å². The van der Waals surface area contributed by atoms with Gasteiger partial charge in [-0.25, -0.2) is 9.98 Å². The van der Waals surface area contributed by atoms with E-state index in [0.717, 1.165) is 18.1 Å². The van der Waals surface area contributed by atoms with Crippen LogP contribution in [0.4, 0.5) is 0 Å². The second kappa shape index (κ2) is 4.83. The summed E-state index contributed by atoms with van der Waals surface area (Å²) in [6.07, 6.45) is 4.25. The Morgan fingerprint density at radius 3 is 3.00 bits per heavy atom. The second-order valence-corrected chi connectivity index (χ2v) is 4.00. The van der Waals surface area contributed by atoms with Gasteiger partial charge in [0.05, 0.1) is 13.2 Å². The minimum absolute atomic E-state index is 0.0947. The molecular formula is C11H16N4O. The highest BCUT2D eigenvalue weighted by atomic mass is 16.5. The number of aliphatic imine (C=N–C) groups is 1. The summed E-state index contributed by atoms with van der Waals surface area (Å²) in [5.74, 6) is 1.47. The Morgan fingerprint density at radius 2 is 2.31 bits per heavy atom. The van der Waals surface area contributed by atoms with Crippen LogP contribution in [0.15, 0.2) is 23.3 Å². The Morgan fingerprint density at radius 1 is 1.50 bits per heavy atom. The van der Waals surface area contributed by atoms with Crippen molar-refractivity contribution in [2.75, 3.05) is 6.61 Å². The molecule has 1 saturated carbocycles. The van der Waals surface area contributed by atoms with E-state index in [4.69, 9.17) is 16.2 Å². The van der Waals surface area contributed by atoms with Crippen LogP contribution < -0.4 is 16.2 Å². The molecule has 1 aromatic heterocycles. The molecule has 2 rings (SSSR count). The summed E-state index contributed by atoms with van der Waals surface area (Å²) in [7, 11) is 0.